The van der Waals surface area contributed by atoms with Crippen LogP contribution in [-0.2, 0) is 6.54 Å². The monoisotopic (exact) mass is 533 g/mol. The Morgan fingerprint density at radius 1 is 0.921 bits per heavy atom. The molecule has 1 aromatic heterocycles. The first-order valence-electron chi connectivity index (χ1n) is 12.6. The number of nitrogens with one attached hydrogen (secondary N) is 3. The number of halogens is 2. The fraction of sp³-hybridized carbons (Fsp3) is 0.519. The van der Waals surface area contributed by atoms with Crippen LogP contribution in [0, 0.1) is 17.0 Å². The number of anilines is 1. The second-order valence-corrected chi connectivity index (χ2v) is 11.7. The highest BCUT2D eigenvalue weighted by molar-refractivity contribution is 5.96. The molecule has 38 heavy (non-hydrogen) atoms. The van der Waals surface area contributed by atoms with Crippen LogP contribution in [0.15, 0.2) is 28.7 Å². The molecule has 1 aromatic carbocycles. The van der Waals surface area contributed by atoms with E-state index in [1.54, 1.807) is 12.1 Å². The molecule has 1 aliphatic heterocycles. The molecule has 3 rings (SSSR count). The minimum atomic E-state index is -1.30. The molecule has 208 valence electrons. The number of carbonyl (C=O) groups is 3. The van der Waals surface area contributed by atoms with Gasteiger partial charge in [-0.05, 0) is 50.5 Å². The lowest BCUT2D eigenvalue weighted by Gasteiger charge is -2.34. The van der Waals surface area contributed by atoms with Gasteiger partial charge in [0.15, 0.2) is 17.4 Å². The lowest BCUT2D eigenvalue weighted by Crippen LogP contribution is -2.48. The second-order valence-electron chi connectivity index (χ2n) is 11.7. The Hall–Kier alpha value is -3.47. The lowest BCUT2D eigenvalue weighted by atomic mass is 9.97. The summed E-state index contributed by atoms with van der Waals surface area (Å²) in [5, 5.41) is 7.73. The third kappa shape index (κ3) is 8.01. The van der Waals surface area contributed by atoms with E-state index >= 15 is 0 Å². The normalized spacial score (nSPS) is 14.8. The smallest absolute Gasteiger partial charge is 0.319 e. The summed E-state index contributed by atoms with van der Waals surface area (Å²) >= 11 is 0. The summed E-state index contributed by atoms with van der Waals surface area (Å²) in [6.07, 6.45) is 0. The molecule has 3 N–H and O–H groups in total. The van der Waals surface area contributed by atoms with E-state index in [2.05, 4.69) is 16.0 Å². The van der Waals surface area contributed by atoms with Crippen molar-refractivity contribution in [2.75, 3.05) is 38.0 Å². The molecule has 0 radical (unpaired) electrons. The van der Waals surface area contributed by atoms with Gasteiger partial charge in [0.25, 0.3) is 11.8 Å². The Kier molecular flexibility index (Phi) is 8.81. The van der Waals surface area contributed by atoms with E-state index in [0.717, 1.165) is 0 Å². The maximum atomic E-state index is 14.8. The number of carbonyl (C=O) groups excluding carboxylic acids is 3. The van der Waals surface area contributed by atoms with Gasteiger partial charge in [0.05, 0.1) is 17.8 Å². The van der Waals surface area contributed by atoms with E-state index in [0.29, 0.717) is 45.0 Å². The van der Waals surface area contributed by atoms with Crippen molar-refractivity contribution in [3.05, 3.63) is 53.0 Å². The van der Waals surface area contributed by atoms with Crippen LogP contribution in [0.2, 0.25) is 0 Å². The van der Waals surface area contributed by atoms with Gasteiger partial charge in [-0.2, -0.15) is 0 Å². The SMILES string of the molecule is CC(C)(C)CNC(=O)Nc1ccc(C(=O)N2CCN(Cc3ccc(C(=O)NC(C)(C)C)o3)CC2)c(F)c1F. The van der Waals surface area contributed by atoms with E-state index in [1.165, 1.54) is 17.0 Å². The van der Waals surface area contributed by atoms with Crippen LogP contribution in [0.4, 0.5) is 19.3 Å². The molecule has 1 saturated heterocycles. The predicted octanol–water partition coefficient (Wildman–Crippen LogP) is 4.21. The summed E-state index contributed by atoms with van der Waals surface area (Å²) in [6, 6.07) is 5.07. The zero-order valence-electron chi connectivity index (χ0n) is 22.8. The van der Waals surface area contributed by atoms with Gasteiger partial charge in [0.1, 0.15) is 5.76 Å². The van der Waals surface area contributed by atoms with Gasteiger partial charge >= 0.3 is 6.03 Å². The number of furan rings is 1. The highest BCUT2D eigenvalue weighted by Gasteiger charge is 2.27. The molecule has 0 bridgehead atoms. The molecule has 2 aromatic rings. The van der Waals surface area contributed by atoms with Crippen molar-refractivity contribution in [3.8, 4) is 0 Å². The molecule has 0 aliphatic carbocycles. The van der Waals surface area contributed by atoms with Gasteiger partial charge in [-0.3, -0.25) is 14.5 Å². The van der Waals surface area contributed by atoms with Gasteiger partial charge in [-0.25, -0.2) is 13.6 Å². The van der Waals surface area contributed by atoms with Crippen molar-refractivity contribution in [2.24, 2.45) is 5.41 Å². The van der Waals surface area contributed by atoms with E-state index in [1.807, 2.05) is 46.4 Å². The van der Waals surface area contributed by atoms with Crippen molar-refractivity contribution in [1.29, 1.82) is 0 Å². The van der Waals surface area contributed by atoms with E-state index in [-0.39, 0.29) is 28.3 Å². The van der Waals surface area contributed by atoms with Crippen LogP contribution >= 0.6 is 0 Å². The number of urea groups is 1. The molecule has 0 spiro atoms. The molecule has 0 atom stereocenters. The molecular weight excluding hydrogens is 496 g/mol. The van der Waals surface area contributed by atoms with Crippen molar-refractivity contribution in [3.63, 3.8) is 0 Å². The third-order valence-corrected chi connectivity index (χ3v) is 5.75. The Morgan fingerprint density at radius 3 is 2.18 bits per heavy atom. The highest BCUT2D eigenvalue weighted by atomic mass is 19.2. The molecular formula is C27H37F2N5O4. The first-order chi connectivity index (χ1) is 17.6. The summed E-state index contributed by atoms with van der Waals surface area (Å²) in [5.74, 6) is -2.66. The number of nitrogens with zero attached hydrogens (tertiary/aromatic N) is 2. The van der Waals surface area contributed by atoms with Crippen LogP contribution in [-0.4, -0.2) is 65.9 Å². The first kappa shape index (κ1) is 29.1. The molecule has 1 fully saturated rings. The van der Waals surface area contributed by atoms with Gasteiger partial charge in [0, 0.05) is 38.3 Å². The standard InChI is InChI=1S/C27H37F2N5O4/c1-26(2,3)16-30-25(37)31-19-9-8-18(21(28)22(19)29)24(36)34-13-11-33(12-14-34)15-17-7-10-20(38-17)23(35)32-27(4,5)6/h7-10H,11-16H2,1-6H3,(H,32,35)(H2,30,31,37). The fourth-order valence-corrected chi connectivity index (χ4v) is 3.81. The topological polar surface area (TPSA) is 107 Å². The van der Waals surface area contributed by atoms with E-state index in [4.69, 9.17) is 4.42 Å². The maximum absolute atomic E-state index is 14.8. The lowest BCUT2D eigenvalue weighted by molar-refractivity contribution is 0.0612. The van der Waals surface area contributed by atoms with Crippen molar-refractivity contribution in [1.82, 2.24) is 20.4 Å². The van der Waals surface area contributed by atoms with Gasteiger partial charge in [0.2, 0.25) is 0 Å². The Bertz CT molecular complexity index is 1180. The Balaban J connectivity index is 1.55. The molecule has 2 heterocycles. The number of hydrogen-bond donors (Lipinski definition) is 3. The maximum Gasteiger partial charge on any atom is 0.319 e. The van der Waals surface area contributed by atoms with Crippen LogP contribution < -0.4 is 16.0 Å². The molecule has 0 saturated carbocycles. The molecule has 11 heteroatoms. The van der Waals surface area contributed by atoms with Crippen molar-refractivity contribution in [2.45, 2.75) is 53.6 Å². The average molecular weight is 534 g/mol. The summed E-state index contributed by atoms with van der Waals surface area (Å²) in [4.78, 5) is 40.7. The number of piperazine rings is 1. The summed E-state index contributed by atoms with van der Waals surface area (Å²) in [7, 11) is 0. The van der Waals surface area contributed by atoms with Crippen LogP contribution in [0.3, 0.4) is 0 Å². The van der Waals surface area contributed by atoms with Gasteiger partial charge < -0.3 is 25.3 Å². The third-order valence-electron chi connectivity index (χ3n) is 5.75. The molecule has 9 nitrogen and oxygen atoms in total. The number of hydrogen-bond acceptors (Lipinski definition) is 5. The summed E-state index contributed by atoms with van der Waals surface area (Å²) in [6.45, 7) is 13.8. The molecule has 0 unspecified atom stereocenters. The van der Waals surface area contributed by atoms with Gasteiger partial charge in [-0.1, -0.05) is 20.8 Å². The van der Waals surface area contributed by atoms with Gasteiger partial charge in [-0.15, -0.1) is 0 Å². The van der Waals surface area contributed by atoms with E-state index in [9.17, 15) is 23.2 Å². The minimum absolute atomic E-state index is 0.176. The second kappa shape index (κ2) is 11.5. The van der Waals surface area contributed by atoms with Crippen LogP contribution in [0.5, 0.6) is 0 Å². The summed E-state index contributed by atoms with van der Waals surface area (Å²) < 4.78 is 35.1. The quantitative estimate of drug-likeness (QED) is 0.516. The Labute approximate surface area is 221 Å². The summed E-state index contributed by atoms with van der Waals surface area (Å²) in [5.41, 5.74) is -1.29. The largest absolute Gasteiger partial charge is 0.455 e. The van der Waals surface area contributed by atoms with Crippen molar-refractivity contribution < 1.29 is 27.6 Å². The minimum Gasteiger partial charge on any atom is -0.455 e. The Morgan fingerprint density at radius 2 is 1.58 bits per heavy atom. The van der Waals surface area contributed by atoms with E-state index < -0.39 is 29.1 Å². The zero-order chi connectivity index (χ0) is 28.3. The first-order valence-corrected chi connectivity index (χ1v) is 12.6. The zero-order valence-corrected chi connectivity index (χ0v) is 22.8. The predicted molar refractivity (Wildman–Crippen MR) is 140 cm³/mol. The number of benzene rings is 1. The van der Waals surface area contributed by atoms with Crippen LogP contribution in [0.25, 0.3) is 0 Å². The average Bonchev–Trinajstić information content (AvgIpc) is 3.28. The fourth-order valence-electron chi connectivity index (χ4n) is 3.81. The van der Waals surface area contributed by atoms with Crippen LogP contribution in [0.1, 0.15) is 68.2 Å². The highest BCUT2D eigenvalue weighted by Crippen LogP contribution is 2.23. The van der Waals surface area contributed by atoms with Crippen molar-refractivity contribution >= 4 is 23.5 Å². The molecule has 1 aliphatic rings. The molecule has 4 amide bonds. The number of rotatable bonds is 6. The number of amides is 4.